The number of rotatable bonds is 3. The lowest BCUT2D eigenvalue weighted by atomic mass is 10.2. The molecular weight excluding hydrogens is 261 g/mol. The molecule has 0 fully saturated rings. The van der Waals surface area contributed by atoms with Gasteiger partial charge >= 0.3 is 0 Å². The minimum atomic E-state index is -0.357. The molecule has 0 radical (unpaired) electrons. The van der Waals surface area contributed by atoms with Crippen LogP contribution in [0.2, 0.25) is 0 Å². The largest absolute Gasteiger partial charge is 0.342 e. The van der Waals surface area contributed by atoms with Crippen LogP contribution in [0.1, 0.15) is 23.7 Å². The summed E-state index contributed by atoms with van der Waals surface area (Å²) < 4.78 is 13.3. The first-order valence-electron chi connectivity index (χ1n) is 4.76. The topological polar surface area (TPSA) is 20.3 Å². The van der Waals surface area contributed by atoms with E-state index in [-0.39, 0.29) is 11.7 Å². The van der Waals surface area contributed by atoms with Crippen LogP contribution in [0.15, 0.2) is 22.7 Å². The van der Waals surface area contributed by atoms with E-state index in [4.69, 9.17) is 0 Å². The van der Waals surface area contributed by atoms with Gasteiger partial charge in [-0.25, -0.2) is 4.39 Å². The average Bonchev–Trinajstić information content (AvgIpc) is 2.21. The quantitative estimate of drug-likeness (QED) is 0.829. The van der Waals surface area contributed by atoms with E-state index in [0.717, 1.165) is 6.42 Å². The second kappa shape index (κ2) is 5.26. The molecule has 0 heterocycles. The lowest BCUT2D eigenvalue weighted by molar-refractivity contribution is 0.0795. The summed E-state index contributed by atoms with van der Waals surface area (Å²) in [4.78, 5) is 13.4. The zero-order valence-electron chi connectivity index (χ0n) is 8.76. The zero-order chi connectivity index (χ0) is 11.4. The van der Waals surface area contributed by atoms with Crippen LogP contribution >= 0.6 is 15.9 Å². The molecule has 0 N–H and O–H groups in total. The molecule has 1 rings (SSSR count). The molecule has 0 saturated carbocycles. The number of benzene rings is 1. The van der Waals surface area contributed by atoms with Crippen molar-refractivity contribution in [3.63, 3.8) is 0 Å². The van der Waals surface area contributed by atoms with Crippen LogP contribution in [0.3, 0.4) is 0 Å². The molecule has 0 bridgehead atoms. The van der Waals surface area contributed by atoms with Crippen molar-refractivity contribution in [3.05, 3.63) is 34.1 Å². The van der Waals surface area contributed by atoms with Crippen LogP contribution in [0.25, 0.3) is 0 Å². The number of carbonyl (C=O) groups is 1. The van der Waals surface area contributed by atoms with Crippen LogP contribution < -0.4 is 0 Å². The molecule has 2 nitrogen and oxygen atoms in total. The number of halogens is 2. The van der Waals surface area contributed by atoms with E-state index >= 15 is 0 Å². The fraction of sp³-hybridized carbons (Fsp3) is 0.364. The van der Waals surface area contributed by atoms with Gasteiger partial charge in [0.2, 0.25) is 0 Å². The Morgan fingerprint density at radius 3 is 2.73 bits per heavy atom. The Morgan fingerprint density at radius 2 is 2.20 bits per heavy atom. The summed E-state index contributed by atoms with van der Waals surface area (Å²) in [6.45, 7) is 2.71. The molecule has 1 aromatic carbocycles. The summed E-state index contributed by atoms with van der Waals surface area (Å²) >= 11 is 3.06. The van der Waals surface area contributed by atoms with E-state index in [0.29, 0.717) is 16.6 Å². The van der Waals surface area contributed by atoms with Crippen molar-refractivity contribution in [2.75, 3.05) is 13.6 Å². The van der Waals surface area contributed by atoms with Gasteiger partial charge in [0.05, 0.1) is 4.47 Å². The van der Waals surface area contributed by atoms with Crippen molar-refractivity contribution < 1.29 is 9.18 Å². The summed E-state index contributed by atoms with van der Waals surface area (Å²) in [6.07, 6.45) is 0.907. The molecule has 0 aliphatic carbocycles. The highest BCUT2D eigenvalue weighted by atomic mass is 79.9. The fourth-order valence-corrected chi connectivity index (χ4v) is 1.67. The third-order valence-electron chi connectivity index (χ3n) is 2.07. The second-order valence-corrected chi connectivity index (χ2v) is 4.21. The van der Waals surface area contributed by atoms with Crippen molar-refractivity contribution in [1.82, 2.24) is 4.90 Å². The van der Waals surface area contributed by atoms with Crippen LogP contribution in [-0.4, -0.2) is 24.4 Å². The molecule has 0 unspecified atom stereocenters. The molecule has 0 spiro atoms. The Morgan fingerprint density at radius 1 is 1.53 bits per heavy atom. The average molecular weight is 274 g/mol. The third-order valence-corrected chi connectivity index (χ3v) is 2.68. The lowest BCUT2D eigenvalue weighted by Gasteiger charge is -2.16. The first-order valence-corrected chi connectivity index (χ1v) is 5.56. The molecule has 1 amide bonds. The Balaban J connectivity index is 2.87. The van der Waals surface area contributed by atoms with Gasteiger partial charge < -0.3 is 4.90 Å². The van der Waals surface area contributed by atoms with E-state index in [9.17, 15) is 9.18 Å². The molecule has 0 saturated heterocycles. The summed E-state index contributed by atoms with van der Waals surface area (Å²) in [5.41, 5.74) is 0.499. The van der Waals surface area contributed by atoms with Gasteiger partial charge in [-0.3, -0.25) is 4.79 Å². The van der Waals surface area contributed by atoms with Crippen molar-refractivity contribution in [3.8, 4) is 0 Å². The molecule has 4 heteroatoms. The number of amides is 1. The first-order chi connectivity index (χ1) is 7.06. The number of nitrogens with zero attached hydrogens (tertiary/aromatic N) is 1. The highest BCUT2D eigenvalue weighted by Crippen LogP contribution is 2.17. The summed E-state index contributed by atoms with van der Waals surface area (Å²) in [6, 6.07) is 4.29. The minimum Gasteiger partial charge on any atom is -0.342 e. The highest BCUT2D eigenvalue weighted by molar-refractivity contribution is 9.10. The smallest absolute Gasteiger partial charge is 0.253 e. The maximum atomic E-state index is 12.9. The lowest BCUT2D eigenvalue weighted by Crippen LogP contribution is -2.27. The van der Waals surface area contributed by atoms with Crippen LogP contribution in [-0.2, 0) is 0 Å². The van der Waals surface area contributed by atoms with Crippen LogP contribution in [0, 0.1) is 5.82 Å². The first kappa shape index (κ1) is 12.2. The molecule has 0 aliphatic heterocycles. The van der Waals surface area contributed by atoms with Gasteiger partial charge in [0.25, 0.3) is 5.91 Å². The third kappa shape index (κ3) is 3.02. The maximum absolute atomic E-state index is 12.9. The molecule has 15 heavy (non-hydrogen) atoms. The summed E-state index contributed by atoms with van der Waals surface area (Å²) in [5, 5.41) is 0. The monoisotopic (exact) mass is 273 g/mol. The van der Waals surface area contributed by atoms with Gasteiger partial charge in [-0.2, -0.15) is 0 Å². The Bertz CT molecular complexity index is 368. The van der Waals surface area contributed by atoms with Crippen LogP contribution in [0.4, 0.5) is 4.39 Å². The molecule has 0 aliphatic rings. The number of hydrogen-bond acceptors (Lipinski definition) is 1. The van der Waals surface area contributed by atoms with E-state index in [1.807, 2.05) is 6.92 Å². The van der Waals surface area contributed by atoms with Crippen molar-refractivity contribution >= 4 is 21.8 Å². The van der Waals surface area contributed by atoms with Gasteiger partial charge in [-0.15, -0.1) is 0 Å². The predicted molar refractivity (Wildman–Crippen MR) is 61.4 cm³/mol. The van der Waals surface area contributed by atoms with Crippen molar-refractivity contribution in [2.24, 2.45) is 0 Å². The van der Waals surface area contributed by atoms with Gasteiger partial charge in [-0.1, -0.05) is 6.92 Å². The minimum absolute atomic E-state index is 0.0856. The van der Waals surface area contributed by atoms with Gasteiger partial charge in [0, 0.05) is 19.2 Å². The van der Waals surface area contributed by atoms with Crippen LogP contribution in [0.5, 0.6) is 0 Å². The van der Waals surface area contributed by atoms with E-state index in [2.05, 4.69) is 15.9 Å². The van der Waals surface area contributed by atoms with E-state index < -0.39 is 0 Å². The van der Waals surface area contributed by atoms with E-state index in [1.165, 1.54) is 18.2 Å². The van der Waals surface area contributed by atoms with Gasteiger partial charge in [0.1, 0.15) is 5.82 Å². The Labute approximate surface area is 97.2 Å². The zero-order valence-corrected chi connectivity index (χ0v) is 10.3. The molecule has 82 valence electrons. The van der Waals surface area contributed by atoms with Gasteiger partial charge in [0.15, 0.2) is 0 Å². The fourth-order valence-electron chi connectivity index (χ4n) is 1.29. The molecule has 0 atom stereocenters. The normalized spacial score (nSPS) is 10.1. The second-order valence-electron chi connectivity index (χ2n) is 3.36. The molecular formula is C11H13BrFNO. The molecule has 0 aromatic heterocycles. The Kier molecular flexibility index (Phi) is 4.27. The van der Waals surface area contributed by atoms with E-state index in [1.54, 1.807) is 11.9 Å². The SMILES string of the molecule is CCCN(C)C(=O)c1ccc(F)c(Br)c1. The molecule has 1 aromatic rings. The number of carbonyl (C=O) groups excluding carboxylic acids is 1. The standard InChI is InChI=1S/C11H13BrFNO/c1-3-6-14(2)11(15)8-4-5-10(13)9(12)7-8/h4-5,7H,3,6H2,1-2H3. The van der Waals surface area contributed by atoms with Crippen molar-refractivity contribution in [2.45, 2.75) is 13.3 Å². The summed E-state index contributed by atoms with van der Waals surface area (Å²) in [5.74, 6) is -0.442. The predicted octanol–water partition coefficient (Wildman–Crippen LogP) is 3.07. The Hall–Kier alpha value is -0.900. The number of hydrogen-bond donors (Lipinski definition) is 0. The highest BCUT2D eigenvalue weighted by Gasteiger charge is 2.12. The van der Waals surface area contributed by atoms with Gasteiger partial charge in [-0.05, 0) is 40.5 Å². The van der Waals surface area contributed by atoms with Crippen molar-refractivity contribution in [1.29, 1.82) is 0 Å². The maximum Gasteiger partial charge on any atom is 0.253 e. The summed E-state index contributed by atoms with van der Waals surface area (Å²) in [7, 11) is 1.74.